The third-order valence-corrected chi connectivity index (χ3v) is 4.03. The van der Waals surface area contributed by atoms with Gasteiger partial charge in [0.2, 0.25) is 0 Å². The lowest BCUT2D eigenvalue weighted by atomic mass is 10.2. The molecule has 1 heterocycles. The Hall–Kier alpha value is -1.10. The Kier molecular flexibility index (Phi) is 6.49. The van der Waals surface area contributed by atoms with Crippen molar-refractivity contribution in [1.82, 2.24) is 14.7 Å². The lowest BCUT2D eigenvalue weighted by Crippen LogP contribution is -2.48. The van der Waals surface area contributed by atoms with Gasteiger partial charge in [-0.3, -0.25) is 9.80 Å². The van der Waals surface area contributed by atoms with E-state index in [9.17, 15) is 0 Å². The molecule has 1 aromatic carbocycles. The Balaban J connectivity index is 1.59. The van der Waals surface area contributed by atoms with Gasteiger partial charge in [0.1, 0.15) is 12.4 Å². The maximum absolute atomic E-state index is 5.81. The maximum atomic E-state index is 5.81. The molecular formula is C17H29N3O. The summed E-state index contributed by atoms with van der Waals surface area (Å²) in [5, 5.41) is 0. The Labute approximate surface area is 129 Å². The van der Waals surface area contributed by atoms with Crippen LogP contribution in [0.1, 0.15) is 5.56 Å². The molecule has 1 fully saturated rings. The first-order valence-electron chi connectivity index (χ1n) is 7.92. The Morgan fingerprint density at radius 2 is 1.52 bits per heavy atom. The molecule has 1 aliphatic rings. The summed E-state index contributed by atoms with van der Waals surface area (Å²) in [6.45, 7) is 10.9. The van der Waals surface area contributed by atoms with Gasteiger partial charge < -0.3 is 9.64 Å². The molecule has 2 rings (SSSR count). The first-order chi connectivity index (χ1) is 10.1. The number of hydrogen-bond donors (Lipinski definition) is 0. The monoisotopic (exact) mass is 291 g/mol. The van der Waals surface area contributed by atoms with Crippen LogP contribution in [0.5, 0.6) is 5.75 Å². The number of likely N-dealkylation sites (N-methyl/N-ethyl adjacent to an activating group) is 1. The van der Waals surface area contributed by atoms with Crippen LogP contribution in [0.2, 0.25) is 0 Å². The minimum absolute atomic E-state index is 0.779. The highest BCUT2D eigenvalue weighted by molar-refractivity contribution is 5.26. The summed E-state index contributed by atoms with van der Waals surface area (Å²) in [6, 6.07) is 8.29. The van der Waals surface area contributed by atoms with Crippen LogP contribution in [0.3, 0.4) is 0 Å². The second-order valence-corrected chi connectivity index (χ2v) is 6.15. The summed E-state index contributed by atoms with van der Waals surface area (Å²) in [5.41, 5.74) is 1.27. The summed E-state index contributed by atoms with van der Waals surface area (Å²) in [5.74, 6) is 0.977. The SMILES string of the molecule is Cc1ccc(OCCN2CCN(CCN(C)C)CC2)cc1. The van der Waals surface area contributed by atoms with Crippen molar-refractivity contribution < 1.29 is 4.74 Å². The summed E-state index contributed by atoms with van der Waals surface area (Å²) in [7, 11) is 4.28. The van der Waals surface area contributed by atoms with Crippen LogP contribution >= 0.6 is 0 Å². The van der Waals surface area contributed by atoms with E-state index in [1.807, 2.05) is 0 Å². The molecule has 1 aliphatic heterocycles. The predicted octanol–water partition coefficient (Wildman–Crippen LogP) is 1.55. The molecule has 4 nitrogen and oxygen atoms in total. The summed E-state index contributed by atoms with van der Waals surface area (Å²) < 4.78 is 5.81. The molecule has 1 aromatic rings. The average Bonchev–Trinajstić information content (AvgIpc) is 2.48. The molecule has 0 atom stereocenters. The first kappa shape index (κ1) is 16.3. The van der Waals surface area contributed by atoms with Gasteiger partial charge in [-0.25, -0.2) is 0 Å². The summed E-state index contributed by atoms with van der Waals surface area (Å²) in [4.78, 5) is 7.31. The molecule has 0 spiro atoms. The smallest absolute Gasteiger partial charge is 0.119 e. The van der Waals surface area contributed by atoms with Crippen LogP contribution in [0.25, 0.3) is 0 Å². The fourth-order valence-electron chi connectivity index (χ4n) is 2.51. The van der Waals surface area contributed by atoms with Crippen LogP contribution in [-0.2, 0) is 0 Å². The van der Waals surface area contributed by atoms with E-state index in [-0.39, 0.29) is 0 Å². The maximum Gasteiger partial charge on any atom is 0.119 e. The molecule has 21 heavy (non-hydrogen) atoms. The van der Waals surface area contributed by atoms with Gasteiger partial charge in [-0.2, -0.15) is 0 Å². The summed E-state index contributed by atoms with van der Waals surface area (Å²) >= 11 is 0. The first-order valence-corrected chi connectivity index (χ1v) is 7.92. The number of rotatable bonds is 7. The van der Waals surface area contributed by atoms with Gasteiger partial charge in [0.15, 0.2) is 0 Å². The van der Waals surface area contributed by atoms with Crippen molar-refractivity contribution >= 4 is 0 Å². The van der Waals surface area contributed by atoms with Crippen molar-refractivity contribution in [3.05, 3.63) is 29.8 Å². The van der Waals surface area contributed by atoms with Crippen LogP contribution < -0.4 is 4.74 Å². The molecule has 0 saturated carbocycles. The minimum atomic E-state index is 0.779. The minimum Gasteiger partial charge on any atom is -0.492 e. The largest absolute Gasteiger partial charge is 0.492 e. The van der Waals surface area contributed by atoms with E-state index in [1.165, 1.54) is 25.2 Å². The highest BCUT2D eigenvalue weighted by atomic mass is 16.5. The molecule has 1 saturated heterocycles. The molecule has 0 aromatic heterocycles. The molecule has 0 unspecified atom stereocenters. The molecule has 0 bridgehead atoms. The van der Waals surface area contributed by atoms with E-state index >= 15 is 0 Å². The number of aryl methyl sites for hydroxylation is 1. The van der Waals surface area contributed by atoms with Crippen molar-refractivity contribution in [2.75, 3.05) is 66.5 Å². The van der Waals surface area contributed by atoms with Gasteiger partial charge in [0.05, 0.1) is 0 Å². The fraction of sp³-hybridized carbons (Fsp3) is 0.647. The standard InChI is InChI=1S/C17H29N3O/c1-16-4-6-17(7-5-16)21-15-14-20-12-10-19(11-13-20)9-8-18(2)3/h4-7H,8-15H2,1-3H3. The molecule has 0 N–H and O–H groups in total. The lowest BCUT2D eigenvalue weighted by Gasteiger charge is -2.35. The van der Waals surface area contributed by atoms with E-state index < -0.39 is 0 Å². The van der Waals surface area contributed by atoms with Crippen LogP contribution in [-0.4, -0.2) is 81.2 Å². The topological polar surface area (TPSA) is 19.0 Å². The van der Waals surface area contributed by atoms with Gasteiger partial charge >= 0.3 is 0 Å². The van der Waals surface area contributed by atoms with Gasteiger partial charge in [0.25, 0.3) is 0 Å². The van der Waals surface area contributed by atoms with E-state index in [0.717, 1.165) is 38.5 Å². The Morgan fingerprint density at radius 3 is 2.10 bits per heavy atom. The number of piperazine rings is 1. The van der Waals surface area contributed by atoms with E-state index in [4.69, 9.17) is 4.74 Å². The average molecular weight is 291 g/mol. The molecule has 0 radical (unpaired) electrons. The van der Waals surface area contributed by atoms with Gasteiger partial charge in [-0.05, 0) is 33.2 Å². The third-order valence-electron chi connectivity index (χ3n) is 4.03. The Morgan fingerprint density at radius 1 is 0.952 bits per heavy atom. The normalized spacial score (nSPS) is 17.3. The van der Waals surface area contributed by atoms with E-state index in [1.54, 1.807) is 0 Å². The zero-order valence-corrected chi connectivity index (χ0v) is 13.7. The van der Waals surface area contributed by atoms with Gasteiger partial charge in [-0.15, -0.1) is 0 Å². The van der Waals surface area contributed by atoms with Crippen molar-refractivity contribution in [1.29, 1.82) is 0 Å². The summed E-state index contributed by atoms with van der Waals surface area (Å²) in [6.07, 6.45) is 0. The van der Waals surface area contributed by atoms with E-state index in [2.05, 4.69) is 60.0 Å². The Bertz CT molecular complexity index is 397. The third kappa shape index (κ3) is 6.04. The molecule has 4 heteroatoms. The second kappa shape index (κ2) is 8.37. The van der Waals surface area contributed by atoms with Crippen molar-refractivity contribution in [3.63, 3.8) is 0 Å². The molecule has 0 amide bonds. The molecule has 0 aliphatic carbocycles. The zero-order chi connectivity index (χ0) is 15.1. The quantitative estimate of drug-likeness (QED) is 0.759. The number of benzene rings is 1. The van der Waals surface area contributed by atoms with Crippen LogP contribution in [0.15, 0.2) is 24.3 Å². The fourth-order valence-corrected chi connectivity index (χ4v) is 2.51. The lowest BCUT2D eigenvalue weighted by molar-refractivity contribution is 0.112. The van der Waals surface area contributed by atoms with Gasteiger partial charge in [-0.1, -0.05) is 17.7 Å². The van der Waals surface area contributed by atoms with E-state index in [0.29, 0.717) is 0 Å². The number of nitrogens with zero attached hydrogens (tertiary/aromatic N) is 3. The predicted molar refractivity (Wildman–Crippen MR) is 88.1 cm³/mol. The van der Waals surface area contributed by atoms with Crippen molar-refractivity contribution in [2.24, 2.45) is 0 Å². The molecule has 118 valence electrons. The van der Waals surface area contributed by atoms with Crippen LogP contribution in [0.4, 0.5) is 0 Å². The number of ether oxygens (including phenoxy) is 1. The van der Waals surface area contributed by atoms with Crippen molar-refractivity contribution in [2.45, 2.75) is 6.92 Å². The molecular weight excluding hydrogens is 262 g/mol. The van der Waals surface area contributed by atoms with Crippen LogP contribution in [0, 0.1) is 6.92 Å². The zero-order valence-electron chi connectivity index (χ0n) is 13.7. The highest BCUT2D eigenvalue weighted by Crippen LogP contribution is 2.11. The number of hydrogen-bond acceptors (Lipinski definition) is 4. The highest BCUT2D eigenvalue weighted by Gasteiger charge is 2.16. The van der Waals surface area contributed by atoms with Crippen molar-refractivity contribution in [3.8, 4) is 5.75 Å². The van der Waals surface area contributed by atoms with Gasteiger partial charge in [0, 0.05) is 45.8 Å². The second-order valence-electron chi connectivity index (χ2n) is 6.15.